The molecule has 0 spiro atoms. The van der Waals surface area contributed by atoms with Crippen LogP contribution in [0.3, 0.4) is 0 Å². The molecule has 0 fully saturated rings. The number of anilines is 1. The summed E-state index contributed by atoms with van der Waals surface area (Å²) >= 11 is 1.33. The Labute approximate surface area is 124 Å². The van der Waals surface area contributed by atoms with Gasteiger partial charge in [0.1, 0.15) is 0 Å². The summed E-state index contributed by atoms with van der Waals surface area (Å²) in [4.78, 5) is 11.7. The number of sulfone groups is 1. The van der Waals surface area contributed by atoms with Crippen molar-refractivity contribution in [1.82, 2.24) is 0 Å². The number of amides is 1. The van der Waals surface area contributed by atoms with Gasteiger partial charge < -0.3 is 11.1 Å². The Morgan fingerprint density at radius 1 is 1.40 bits per heavy atom. The first-order chi connectivity index (χ1) is 9.34. The van der Waals surface area contributed by atoms with Gasteiger partial charge in [0, 0.05) is 22.4 Å². The second-order valence-corrected chi connectivity index (χ2v) is 7.91. The first-order valence-corrected chi connectivity index (χ1v) is 9.12. The van der Waals surface area contributed by atoms with Crippen molar-refractivity contribution in [1.29, 1.82) is 0 Å². The average Bonchev–Trinajstić information content (AvgIpc) is 2.37. The molecule has 1 aromatic rings. The van der Waals surface area contributed by atoms with Crippen LogP contribution in [-0.2, 0) is 14.6 Å². The average molecular weight is 316 g/mol. The highest BCUT2D eigenvalue weighted by Crippen LogP contribution is 2.27. The van der Waals surface area contributed by atoms with Crippen LogP contribution in [0.2, 0.25) is 0 Å². The highest BCUT2D eigenvalue weighted by Gasteiger charge is 2.14. The van der Waals surface area contributed by atoms with E-state index in [2.05, 4.69) is 5.32 Å². The van der Waals surface area contributed by atoms with E-state index in [0.29, 0.717) is 0 Å². The van der Waals surface area contributed by atoms with E-state index in [-0.39, 0.29) is 29.2 Å². The Kier molecular flexibility index (Phi) is 6.35. The summed E-state index contributed by atoms with van der Waals surface area (Å²) in [5.41, 5.74) is 5.95. The van der Waals surface area contributed by atoms with E-state index in [1.54, 1.807) is 6.92 Å². The van der Waals surface area contributed by atoms with Crippen LogP contribution >= 0.6 is 11.8 Å². The lowest BCUT2D eigenvalue weighted by molar-refractivity contribution is -0.115. The summed E-state index contributed by atoms with van der Waals surface area (Å²) in [5, 5.41) is 3.17. The van der Waals surface area contributed by atoms with Crippen LogP contribution in [0, 0.1) is 0 Å². The molecule has 1 unspecified atom stereocenters. The van der Waals surface area contributed by atoms with Gasteiger partial charge >= 0.3 is 0 Å². The Morgan fingerprint density at radius 3 is 2.65 bits per heavy atom. The van der Waals surface area contributed by atoms with Crippen LogP contribution in [0.15, 0.2) is 29.2 Å². The molecule has 7 heteroatoms. The lowest BCUT2D eigenvalue weighted by Crippen LogP contribution is -2.27. The van der Waals surface area contributed by atoms with Gasteiger partial charge in [-0.1, -0.05) is 19.1 Å². The summed E-state index contributed by atoms with van der Waals surface area (Å²) in [5.74, 6) is 0.0295. The fraction of sp³-hybridized carbons (Fsp3) is 0.462. The number of para-hydroxylation sites is 1. The third-order valence-electron chi connectivity index (χ3n) is 2.60. The summed E-state index contributed by atoms with van der Waals surface area (Å²) in [7, 11) is -3.02. The van der Waals surface area contributed by atoms with Crippen molar-refractivity contribution in [2.75, 3.05) is 22.6 Å². The highest BCUT2D eigenvalue weighted by molar-refractivity contribution is 8.00. The first kappa shape index (κ1) is 16.8. The van der Waals surface area contributed by atoms with Crippen molar-refractivity contribution < 1.29 is 13.2 Å². The summed E-state index contributed by atoms with van der Waals surface area (Å²) < 4.78 is 23.2. The van der Waals surface area contributed by atoms with Crippen molar-refractivity contribution >= 4 is 33.2 Å². The molecule has 5 nitrogen and oxygen atoms in total. The number of nitrogens with two attached hydrogens (primary N) is 1. The van der Waals surface area contributed by atoms with Crippen LogP contribution in [0.4, 0.5) is 5.69 Å². The number of thioether (sulfide) groups is 1. The number of nitrogens with one attached hydrogen (secondary N) is 1. The largest absolute Gasteiger partial charge is 0.381 e. The zero-order valence-electron chi connectivity index (χ0n) is 11.6. The number of primary amides is 1. The zero-order valence-corrected chi connectivity index (χ0v) is 13.3. The zero-order chi connectivity index (χ0) is 15.2. The van der Waals surface area contributed by atoms with Crippen LogP contribution in [-0.4, -0.2) is 37.6 Å². The Hall–Kier alpha value is -1.21. The monoisotopic (exact) mass is 316 g/mol. The van der Waals surface area contributed by atoms with Gasteiger partial charge in [0.2, 0.25) is 5.91 Å². The molecule has 0 saturated heterocycles. The summed E-state index contributed by atoms with van der Waals surface area (Å²) in [6, 6.07) is 7.25. The van der Waals surface area contributed by atoms with E-state index in [1.807, 2.05) is 31.2 Å². The number of hydrogen-bond acceptors (Lipinski definition) is 5. The number of carbonyl (C=O) groups excluding carboxylic acids is 1. The minimum atomic E-state index is -3.02. The standard InChI is InChI=1S/C13H20N2O3S2/c1-3-20(17,18)9-10(2)15-11-6-4-5-7-12(11)19-8-13(14)16/h4-7,10,15H,3,8-9H2,1-2H3,(H2,14,16). The molecule has 0 aliphatic rings. The second-order valence-electron chi connectivity index (χ2n) is 4.50. The van der Waals surface area contributed by atoms with Crippen molar-refractivity contribution in [3.8, 4) is 0 Å². The molecule has 112 valence electrons. The molecular formula is C13H20N2O3S2. The van der Waals surface area contributed by atoms with E-state index in [1.165, 1.54) is 11.8 Å². The quantitative estimate of drug-likeness (QED) is 0.709. The molecule has 1 aromatic carbocycles. The van der Waals surface area contributed by atoms with Crippen LogP contribution in [0.25, 0.3) is 0 Å². The maximum Gasteiger partial charge on any atom is 0.227 e. The van der Waals surface area contributed by atoms with Gasteiger partial charge in [-0.05, 0) is 19.1 Å². The second kappa shape index (κ2) is 7.54. The van der Waals surface area contributed by atoms with E-state index >= 15 is 0 Å². The van der Waals surface area contributed by atoms with Gasteiger partial charge in [-0.15, -0.1) is 11.8 Å². The Balaban J connectivity index is 2.74. The third-order valence-corrected chi connectivity index (χ3v) is 5.59. The van der Waals surface area contributed by atoms with Crippen LogP contribution in [0.1, 0.15) is 13.8 Å². The first-order valence-electron chi connectivity index (χ1n) is 6.31. The molecule has 0 aliphatic carbocycles. The minimum Gasteiger partial charge on any atom is -0.381 e. The number of rotatable bonds is 8. The lowest BCUT2D eigenvalue weighted by atomic mass is 10.3. The van der Waals surface area contributed by atoms with Crippen molar-refractivity contribution in [2.45, 2.75) is 24.8 Å². The Morgan fingerprint density at radius 2 is 2.05 bits per heavy atom. The number of hydrogen-bond donors (Lipinski definition) is 2. The van der Waals surface area contributed by atoms with E-state index in [4.69, 9.17) is 5.73 Å². The van der Waals surface area contributed by atoms with E-state index in [0.717, 1.165) is 10.6 Å². The molecule has 20 heavy (non-hydrogen) atoms. The van der Waals surface area contributed by atoms with Gasteiger partial charge in [-0.2, -0.15) is 0 Å². The molecule has 1 atom stereocenters. The SMILES string of the molecule is CCS(=O)(=O)CC(C)Nc1ccccc1SCC(N)=O. The maximum absolute atomic E-state index is 11.6. The van der Waals surface area contributed by atoms with Gasteiger partial charge in [-0.3, -0.25) is 4.79 Å². The molecule has 0 heterocycles. The fourth-order valence-corrected chi connectivity index (χ4v) is 3.50. The smallest absolute Gasteiger partial charge is 0.227 e. The van der Waals surface area contributed by atoms with Crippen molar-refractivity contribution in [2.24, 2.45) is 5.73 Å². The van der Waals surface area contributed by atoms with Gasteiger partial charge in [0.15, 0.2) is 9.84 Å². The summed E-state index contributed by atoms with van der Waals surface area (Å²) in [6.07, 6.45) is 0. The molecule has 0 aromatic heterocycles. The van der Waals surface area contributed by atoms with Gasteiger partial charge in [0.25, 0.3) is 0 Å². The molecular weight excluding hydrogens is 296 g/mol. The minimum absolute atomic E-state index is 0.0817. The predicted octanol–water partition coefficient (Wildman–Crippen LogP) is 1.50. The predicted molar refractivity (Wildman–Crippen MR) is 83.8 cm³/mol. The third kappa shape index (κ3) is 5.83. The molecule has 3 N–H and O–H groups in total. The topological polar surface area (TPSA) is 89.3 Å². The summed E-state index contributed by atoms with van der Waals surface area (Å²) in [6.45, 7) is 3.46. The van der Waals surface area contributed by atoms with Gasteiger partial charge in [0.05, 0.1) is 11.5 Å². The molecule has 0 bridgehead atoms. The van der Waals surface area contributed by atoms with E-state index < -0.39 is 9.84 Å². The molecule has 1 amide bonds. The van der Waals surface area contributed by atoms with Crippen LogP contribution in [0.5, 0.6) is 0 Å². The molecule has 1 rings (SSSR count). The van der Waals surface area contributed by atoms with Gasteiger partial charge in [-0.25, -0.2) is 8.42 Å². The van der Waals surface area contributed by atoms with E-state index in [9.17, 15) is 13.2 Å². The maximum atomic E-state index is 11.6. The normalized spacial score (nSPS) is 12.9. The fourth-order valence-electron chi connectivity index (χ4n) is 1.67. The number of carbonyl (C=O) groups is 1. The lowest BCUT2D eigenvalue weighted by Gasteiger charge is -2.17. The van der Waals surface area contributed by atoms with Crippen LogP contribution < -0.4 is 11.1 Å². The number of benzene rings is 1. The van der Waals surface area contributed by atoms with Crippen molar-refractivity contribution in [3.63, 3.8) is 0 Å². The molecule has 0 aliphatic heterocycles. The molecule has 0 radical (unpaired) electrons. The van der Waals surface area contributed by atoms with Crippen molar-refractivity contribution in [3.05, 3.63) is 24.3 Å². The Bertz CT molecular complexity index is 558. The highest BCUT2D eigenvalue weighted by atomic mass is 32.2. The molecule has 0 saturated carbocycles.